The molecule has 0 bridgehead atoms. The van der Waals surface area contributed by atoms with E-state index in [1.165, 1.54) is 23.9 Å². The van der Waals surface area contributed by atoms with Gasteiger partial charge >= 0.3 is 0 Å². The van der Waals surface area contributed by atoms with Gasteiger partial charge in [0, 0.05) is 37.8 Å². The van der Waals surface area contributed by atoms with Crippen LogP contribution in [0.2, 0.25) is 0 Å². The van der Waals surface area contributed by atoms with E-state index in [9.17, 15) is 9.18 Å². The molecule has 1 saturated heterocycles. The maximum absolute atomic E-state index is 13.4. The fourth-order valence-electron chi connectivity index (χ4n) is 3.37. The second kappa shape index (κ2) is 11.4. The zero-order chi connectivity index (χ0) is 21.3. The van der Waals surface area contributed by atoms with E-state index in [2.05, 4.69) is 34.3 Å². The Labute approximate surface area is 181 Å². The highest BCUT2D eigenvalue weighted by atomic mass is 32.2. The largest absolute Gasteiger partial charge is 0.379 e. The smallest absolute Gasteiger partial charge is 0.230 e. The Kier molecular flexibility index (Phi) is 8.65. The van der Waals surface area contributed by atoms with Crippen LogP contribution in [0.4, 0.5) is 4.39 Å². The van der Waals surface area contributed by atoms with Gasteiger partial charge < -0.3 is 14.6 Å². The van der Waals surface area contributed by atoms with E-state index in [4.69, 9.17) is 4.74 Å². The number of ether oxygens (including phenoxy) is 1. The lowest BCUT2D eigenvalue weighted by atomic mass is 10.2. The maximum Gasteiger partial charge on any atom is 0.230 e. The van der Waals surface area contributed by atoms with Crippen molar-refractivity contribution in [1.29, 1.82) is 0 Å². The van der Waals surface area contributed by atoms with Gasteiger partial charge in [-0.1, -0.05) is 25.6 Å². The van der Waals surface area contributed by atoms with Crippen LogP contribution in [0.25, 0.3) is 11.4 Å². The zero-order valence-electron chi connectivity index (χ0n) is 17.6. The van der Waals surface area contributed by atoms with Gasteiger partial charge in [-0.15, -0.1) is 10.2 Å². The number of carbonyl (C=O) groups is 1. The van der Waals surface area contributed by atoms with Crippen LogP contribution in [0.1, 0.15) is 26.7 Å². The normalized spacial score (nSPS) is 14.9. The lowest BCUT2D eigenvalue weighted by Crippen LogP contribution is -2.38. The SMILES string of the molecule is CCC(CC)NC(=O)CSc1nnc(-c2ccc(F)cc2)n1CCN1CCOCC1. The fraction of sp³-hybridized carbons (Fsp3) is 0.571. The van der Waals surface area contributed by atoms with E-state index < -0.39 is 0 Å². The molecule has 0 radical (unpaired) electrons. The first-order valence-electron chi connectivity index (χ1n) is 10.5. The van der Waals surface area contributed by atoms with E-state index in [-0.39, 0.29) is 23.5 Å². The Balaban J connectivity index is 1.72. The van der Waals surface area contributed by atoms with Crippen molar-refractivity contribution >= 4 is 17.7 Å². The van der Waals surface area contributed by atoms with Crippen LogP contribution >= 0.6 is 11.8 Å². The summed E-state index contributed by atoms with van der Waals surface area (Å²) in [5.41, 5.74) is 0.805. The molecule has 1 aliphatic heterocycles. The van der Waals surface area contributed by atoms with Gasteiger partial charge in [0.25, 0.3) is 0 Å². The van der Waals surface area contributed by atoms with E-state index in [0.717, 1.165) is 51.3 Å². The van der Waals surface area contributed by atoms with Gasteiger partial charge in [-0.3, -0.25) is 9.69 Å². The number of benzene rings is 1. The highest BCUT2D eigenvalue weighted by molar-refractivity contribution is 7.99. The molecule has 0 aliphatic carbocycles. The predicted octanol–water partition coefficient (Wildman–Crippen LogP) is 2.81. The highest BCUT2D eigenvalue weighted by Crippen LogP contribution is 2.24. The second-order valence-corrected chi connectivity index (χ2v) is 8.23. The minimum absolute atomic E-state index is 0.000221. The third-order valence-electron chi connectivity index (χ3n) is 5.25. The molecule has 7 nitrogen and oxygen atoms in total. The lowest BCUT2D eigenvalue weighted by Gasteiger charge is -2.27. The molecule has 2 aromatic rings. The summed E-state index contributed by atoms with van der Waals surface area (Å²) in [4.78, 5) is 14.7. The summed E-state index contributed by atoms with van der Waals surface area (Å²) in [7, 11) is 0. The van der Waals surface area contributed by atoms with E-state index >= 15 is 0 Å². The van der Waals surface area contributed by atoms with Gasteiger partial charge in [0.1, 0.15) is 5.82 Å². The quantitative estimate of drug-likeness (QED) is 0.579. The van der Waals surface area contributed by atoms with Crippen molar-refractivity contribution in [3.63, 3.8) is 0 Å². The molecule has 1 N–H and O–H groups in total. The molecule has 0 spiro atoms. The summed E-state index contributed by atoms with van der Waals surface area (Å²) in [6.07, 6.45) is 1.83. The number of rotatable bonds is 10. The van der Waals surface area contributed by atoms with Crippen molar-refractivity contribution < 1.29 is 13.9 Å². The number of aromatic nitrogens is 3. The van der Waals surface area contributed by atoms with E-state index in [1.54, 1.807) is 12.1 Å². The molecular weight excluding hydrogens is 405 g/mol. The van der Waals surface area contributed by atoms with Crippen molar-refractivity contribution in [2.45, 2.75) is 44.4 Å². The zero-order valence-corrected chi connectivity index (χ0v) is 18.5. The van der Waals surface area contributed by atoms with Crippen molar-refractivity contribution in [2.24, 2.45) is 0 Å². The van der Waals surface area contributed by atoms with Crippen LogP contribution in [0.15, 0.2) is 29.4 Å². The molecule has 0 unspecified atom stereocenters. The molecule has 1 aromatic heterocycles. The van der Waals surface area contributed by atoms with Gasteiger partial charge in [0.05, 0.1) is 19.0 Å². The summed E-state index contributed by atoms with van der Waals surface area (Å²) < 4.78 is 20.8. The number of amides is 1. The standard InChI is InChI=1S/C21H30FN5O2S/c1-3-18(4-2)23-19(28)15-30-21-25-24-20(16-5-7-17(22)8-6-16)27(21)10-9-26-11-13-29-14-12-26/h5-8,18H,3-4,9-15H2,1-2H3,(H,23,28). The molecule has 0 atom stereocenters. The minimum Gasteiger partial charge on any atom is -0.379 e. The molecule has 30 heavy (non-hydrogen) atoms. The first kappa shape index (κ1) is 22.7. The van der Waals surface area contributed by atoms with Crippen LogP contribution < -0.4 is 5.32 Å². The predicted molar refractivity (Wildman–Crippen MR) is 116 cm³/mol. The first-order chi connectivity index (χ1) is 14.6. The maximum atomic E-state index is 13.4. The fourth-order valence-corrected chi connectivity index (χ4v) is 4.14. The monoisotopic (exact) mass is 435 g/mol. The van der Waals surface area contributed by atoms with Crippen molar-refractivity contribution in [3.8, 4) is 11.4 Å². The second-order valence-electron chi connectivity index (χ2n) is 7.29. The van der Waals surface area contributed by atoms with Gasteiger partial charge in [-0.25, -0.2) is 4.39 Å². The molecule has 1 aromatic carbocycles. The molecule has 1 aliphatic rings. The topological polar surface area (TPSA) is 72.3 Å². The van der Waals surface area contributed by atoms with E-state index in [0.29, 0.717) is 17.5 Å². The molecule has 2 heterocycles. The van der Waals surface area contributed by atoms with Crippen LogP contribution in [-0.4, -0.2) is 70.2 Å². The number of hydrogen-bond donors (Lipinski definition) is 1. The van der Waals surface area contributed by atoms with Crippen LogP contribution in [0, 0.1) is 5.82 Å². The number of thioether (sulfide) groups is 1. The van der Waals surface area contributed by atoms with Crippen LogP contribution in [0.5, 0.6) is 0 Å². The third-order valence-corrected chi connectivity index (χ3v) is 6.21. The van der Waals surface area contributed by atoms with Crippen LogP contribution in [-0.2, 0) is 16.1 Å². The van der Waals surface area contributed by atoms with Gasteiger partial charge in [0.15, 0.2) is 11.0 Å². The summed E-state index contributed by atoms with van der Waals surface area (Å²) in [5, 5.41) is 12.4. The Morgan fingerprint density at radius 1 is 1.17 bits per heavy atom. The molecule has 1 fully saturated rings. The van der Waals surface area contributed by atoms with E-state index in [1.807, 2.05) is 4.57 Å². The Morgan fingerprint density at radius 3 is 2.53 bits per heavy atom. The average Bonchev–Trinajstić information content (AvgIpc) is 3.18. The number of nitrogens with zero attached hydrogens (tertiary/aromatic N) is 4. The van der Waals surface area contributed by atoms with Crippen LogP contribution in [0.3, 0.4) is 0 Å². The molecule has 3 rings (SSSR count). The average molecular weight is 436 g/mol. The molecule has 1 amide bonds. The number of nitrogens with one attached hydrogen (secondary N) is 1. The summed E-state index contributed by atoms with van der Waals surface area (Å²) in [5.74, 6) is 0.687. The molecule has 164 valence electrons. The lowest BCUT2D eigenvalue weighted by molar-refractivity contribution is -0.119. The Morgan fingerprint density at radius 2 is 1.87 bits per heavy atom. The van der Waals surface area contributed by atoms with Gasteiger partial charge in [-0.2, -0.15) is 0 Å². The Hall–Kier alpha value is -1.97. The number of carbonyl (C=O) groups excluding carboxylic acids is 1. The number of hydrogen-bond acceptors (Lipinski definition) is 6. The molecular formula is C21H30FN5O2S. The highest BCUT2D eigenvalue weighted by Gasteiger charge is 2.18. The number of morpholine rings is 1. The summed E-state index contributed by atoms with van der Waals surface area (Å²) in [6, 6.07) is 6.46. The molecule has 9 heteroatoms. The summed E-state index contributed by atoms with van der Waals surface area (Å²) >= 11 is 1.38. The van der Waals surface area contributed by atoms with Crippen molar-refractivity contribution in [3.05, 3.63) is 30.1 Å². The Bertz CT molecular complexity index is 804. The number of halogens is 1. The first-order valence-corrected chi connectivity index (χ1v) is 11.5. The van der Waals surface area contributed by atoms with Crippen molar-refractivity contribution in [1.82, 2.24) is 25.0 Å². The minimum atomic E-state index is -0.286. The third kappa shape index (κ3) is 6.26. The van der Waals surface area contributed by atoms with Gasteiger partial charge in [0.2, 0.25) is 5.91 Å². The van der Waals surface area contributed by atoms with Gasteiger partial charge in [-0.05, 0) is 37.1 Å². The van der Waals surface area contributed by atoms with Crippen molar-refractivity contribution in [2.75, 3.05) is 38.6 Å². The summed E-state index contributed by atoms with van der Waals surface area (Å²) in [6.45, 7) is 8.94. The molecule has 0 saturated carbocycles.